The Labute approximate surface area is 161 Å². The monoisotopic (exact) mass is 366 g/mol. The zero-order chi connectivity index (χ0) is 19.9. The predicted octanol–water partition coefficient (Wildman–Crippen LogP) is 5.62. The van der Waals surface area contributed by atoms with Gasteiger partial charge in [-0.25, -0.2) is 4.79 Å². The highest BCUT2D eigenvalue weighted by Crippen LogP contribution is 2.35. The summed E-state index contributed by atoms with van der Waals surface area (Å²) in [5.74, 6) is 3.44. The number of hydrogen-bond acceptors (Lipinski definition) is 3. The summed E-state index contributed by atoms with van der Waals surface area (Å²) >= 11 is 0. The maximum Gasteiger partial charge on any atom is 0.330 e. The van der Waals surface area contributed by atoms with E-state index < -0.39 is 0 Å². The molecule has 3 nitrogen and oxygen atoms in total. The van der Waals surface area contributed by atoms with Crippen LogP contribution in [0.3, 0.4) is 0 Å². The first-order valence-electron chi connectivity index (χ1n) is 10.7. The van der Waals surface area contributed by atoms with Crippen molar-refractivity contribution in [3.05, 3.63) is 12.7 Å². The third-order valence-corrected chi connectivity index (χ3v) is 6.38. The summed E-state index contributed by atoms with van der Waals surface area (Å²) in [5, 5.41) is 9.71. The number of ether oxygens (including phenoxy) is 1. The van der Waals surface area contributed by atoms with Crippen LogP contribution in [0.5, 0.6) is 0 Å². The van der Waals surface area contributed by atoms with E-state index >= 15 is 0 Å². The number of aliphatic hydroxyl groups excluding tert-OH is 1. The molecule has 0 amide bonds. The van der Waals surface area contributed by atoms with E-state index in [0.717, 1.165) is 18.8 Å². The lowest BCUT2D eigenvalue weighted by atomic mass is 9.75. The Morgan fingerprint density at radius 3 is 1.92 bits per heavy atom. The van der Waals surface area contributed by atoms with Crippen molar-refractivity contribution in [3.63, 3.8) is 0 Å². The fourth-order valence-electron chi connectivity index (χ4n) is 4.60. The van der Waals surface area contributed by atoms with Crippen molar-refractivity contribution < 1.29 is 14.6 Å². The van der Waals surface area contributed by atoms with Gasteiger partial charge in [0.05, 0.1) is 6.10 Å². The molecule has 6 atom stereocenters. The molecule has 0 saturated heterocycles. The first-order valence-corrected chi connectivity index (χ1v) is 10.7. The number of esters is 1. The topological polar surface area (TPSA) is 46.5 Å². The minimum Gasteiger partial charge on any atom is -0.459 e. The standard InChI is InChI=1S/C13H22O2.C10H20O/c1-5-13(14)15-12-8-10(4)6-7-11(12)9(2)3;1-7(2)9-5-4-8(3)6-10(9)11/h5,9-12H,1,6-8H2,2-4H3;7-11H,4-6H2,1-3H3. The first kappa shape index (κ1) is 23.2. The van der Waals surface area contributed by atoms with Crippen LogP contribution in [-0.2, 0) is 9.53 Å². The first-order chi connectivity index (χ1) is 12.1. The zero-order valence-corrected chi connectivity index (χ0v) is 17.9. The SMILES string of the molecule is C=CC(=O)OC1CC(C)CCC1C(C)C.CC1CCC(C(C)C)C(O)C1. The van der Waals surface area contributed by atoms with Crippen molar-refractivity contribution in [2.24, 2.45) is 35.5 Å². The van der Waals surface area contributed by atoms with Gasteiger partial charge in [-0.05, 0) is 61.2 Å². The second-order valence-electron chi connectivity index (χ2n) is 9.40. The van der Waals surface area contributed by atoms with Gasteiger partial charge in [0.25, 0.3) is 0 Å². The number of carbonyl (C=O) groups excluding carboxylic acids is 1. The van der Waals surface area contributed by atoms with Gasteiger partial charge in [-0.15, -0.1) is 0 Å². The van der Waals surface area contributed by atoms with Crippen LogP contribution in [0.2, 0.25) is 0 Å². The summed E-state index contributed by atoms with van der Waals surface area (Å²) in [7, 11) is 0. The molecule has 0 aromatic rings. The van der Waals surface area contributed by atoms with Gasteiger partial charge in [-0.2, -0.15) is 0 Å². The van der Waals surface area contributed by atoms with Crippen LogP contribution in [0.1, 0.15) is 80.1 Å². The molecule has 1 N–H and O–H groups in total. The molecule has 0 spiro atoms. The molecule has 2 fully saturated rings. The molecule has 2 saturated carbocycles. The van der Waals surface area contributed by atoms with Gasteiger partial charge in [0.15, 0.2) is 0 Å². The van der Waals surface area contributed by atoms with Crippen LogP contribution >= 0.6 is 0 Å². The summed E-state index contributed by atoms with van der Waals surface area (Å²) in [6, 6.07) is 0. The highest BCUT2D eigenvalue weighted by atomic mass is 16.5. The second-order valence-corrected chi connectivity index (χ2v) is 9.40. The van der Waals surface area contributed by atoms with E-state index in [1.54, 1.807) is 0 Å². The van der Waals surface area contributed by atoms with Gasteiger partial charge >= 0.3 is 5.97 Å². The van der Waals surface area contributed by atoms with Crippen molar-refractivity contribution in [1.82, 2.24) is 0 Å². The lowest BCUT2D eigenvalue weighted by Crippen LogP contribution is -2.35. The molecule has 0 aliphatic heterocycles. The summed E-state index contributed by atoms with van der Waals surface area (Å²) in [6.45, 7) is 16.7. The molecule has 0 heterocycles. The summed E-state index contributed by atoms with van der Waals surface area (Å²) in [5.41, 5.74) is 0. The van der Waals surface area contributed by atoms with E-state index in [0.29, 0.717) is 29.6 Å². The van der Waals surface area contributed by atoms with E-state index in [9.17, 15) is 9.90 Å². The van der Waals surface area contributed by atoms with Gasteiger partial charge in [0, 0.05) is 6.08 Å². The fraction of sp³-hybridized carbons (Fsp3) is 0.870. The second kappa shape index (κ2) is 11.1. The Morgan fingerprint density at radius 2 is 1.46 bits per heavy atom. The van der Waals surface area contributed by atoms with E-state index in [2.05, 4.69) is 48.1 Å². The molecule has 6 unspecified atom stereocenters. The Balaban J connectivity index is 0.000000273. The molecule has 2 rings (SSSR count). The van der Waals surface area contributed by atoms with Crippen LogP contribution in [-0.4, -0.2) is 23.3 Å². The van der Waals surface area contributed by atoms with Crippen LogP contribution in [0, 0.1) is 35.5 Å². The van der Waals surface area contributed by atoms with Gasteiger partial charge in [0.2, 0.25) is 0 Å². The Morgan fingerprint density at radius 1 is 0.962 bits per heavy atom. The molecule has 0 bridgehead atoms. The Bertz CT molecular complexity index is 429. The average molecular weight is 367 g/mol. The van der Waals surface area contributed by atoms with Crippen LogP contribution in [0.4, 0.5) is 0 Å². The fourth-order valence-corrected chi connectivity index (χ4v) is 4.60. The lowest BCUT2D eigenvalue weighted by Gasteiger charge is -2.36. The van der Waals surface area contributed by atoms with Gasteiger partial charge in [-0.3, -0.25) is 0 Å². The van der Waals surface area contributed by atoms with Crippen molar-refractivity contribution in [2.75, 3.05) is 0 Å². The number of carbonyl (C=O) groups is 1. The number of hydrogen-bond donors (Lipinski definition) is 1. The number of rotatable bonds is 4. The summed E-state index contributed by atoms with van der Waals surface area (Å²) < 4.78 is 5.43. The quantitative estimate of drug-likeness (QED) is 0.519. The molecule has 0 aromatic carbocycles. The Kier molecular flexibility index (Phi) is 9.92. The van der Waals surface area contributed by atoms with Gasteiger partial charge < -0.3 is 9.84 Å². The minimum absolute atomic E-state index is 0.0289. The smallest absolute Gasteiger partial charge is 0.330 e. The highest BCUT2D eigenvalue weighted by Gasteiger charge is 2.33. The zero-order valence-electron chi connectivity index (χ0n) is 17.9. The lowest BCUT2D eigenvalue weighted by molar-refractivity contribution is -0.149. The number of aliphatic hydroxyl groups is 1. The minimum atomic E-state index is -0.278. The summed E-state index contributed by atoms with van der Waals surface area (Å²) in [6.07, 6.45) is 8.30. The van der Waals surface area contributed by atoms with E-state index in [1.165, 1.54) is 31.8 Å². The molecular formula is C23H42O3. The molecular weight excluding hydrogens is 324 g/mol. The third kappa shape index (κ3) is 7.42. The molecule has 26 heavy (non-hydrogen) atoms. The van der Waals surface area contributed by atoms with Gasteiger partial charge in [0.1, 0.15) is 6.10 Å². The molecule has 3 heteroatoms. The van der Waals surface area contributed by atoms with Crippen molar-refractivity contribution in [3.8, 4) is 0 Å². The molecule has 2 aliphatic rings. The maximum atomic E-state index is 11.2. The van der Waals surface area contributed by atoms with Crippen molar-refractivity contribution >= 4 is 5.97 Å². The maximum absolute atomic E-state index is 11.2. The van der Waals surface area contributed by atoms with Gasteiger partial charge in [-0.1, -0.05) is 61.0 Å². The van der Waals surface area contributed by atoms with E-state index in [4.69, 9.17) is 4.74 Å². The van der Waals surface area contributed by atoms with Crippen LogP contribution in [0.15, 0.2) is 12.7 Å². The average Bonchev–Trinajstić information content (AvgIpc) is 2.54. The van der Waals surface area contributed by atoms with Crippen molar-refractivity contribution in [1.29, 1.82) is 0 Å². The van der Waals surface area contributed by atoms with Crippen molar-refractivity contribution in [2.45, 2.75) is 92.3 Å². The van der Waals surface area contributed by atoms with E-state index in [1.807, 2.05) is 0 Å². The summed E-state index contributed by atoms with van der Waals surface area (Å²) in [4.78, 5) is 11.2. The Hall–Kier alpha value is -0.830. The van der Waals surface area contributed by atoms with Crippen LogP contribution in [0.25, 0.3) is 0 Å². The largest absolute Gasteiger partial charge is 0.459 e. The molecule has 152 valence electrons. The normalized spacial score (nSPS) is 34.8. The highest BCUT2D eigenvalue weighted by molar-refractivity contribution is 5.81. The molecule has 2 aliphatic carbocycles. The van der Waals surface area contributed by atoms with E-state index in [-0.39, 0.29) is 18.2 Å². The third-order valence-electron chi connectivity index (χ3n) is 6.38. The molecule has 0 aromatic heterocycles. The van der Waals surface area contributed by atoms with Crippen LogP contribution < -0.4 is 0 Å². The molecule has 0 radical (unpaired) electrons. The predicted molar refractivity (Wildman–Crippen MR) is 109 cm³/mol.